The van der Waals surface area contributed by atoms with E-state index in [4.69, 9.17) is 5.10 Å². The lowest BCUT2D eigenvalue weighted by atomic mass is 10.2. The number of likely N-dealkylation sites (N-methyl/N-ethyl adjacent to an activating group) is 1. The topological polar surface area (TPSA) is 29.9 Å². The molecule has 1 aromatic heterocycles. The Bertz CT molecular complexity index is 369. The summed E-state index contributed by atoms with van der Waals surface area (Å²) in [5.41, 5.74) is 1.23. The molecule has 1 saturated carbocycles. The zero-order chi connectivity index (χ0) is 13.7. The summed E-state index contributed by atoms with van der Waals surface area (Å²) in [5.74, 6) is 1.16. The molecule has 2 rings (SSSR count). The summed E-state index contributed by atoms with van der Waals surface area (Å²) in [6, 6.07) is 3.38. The highest BCUT2D eigenvalue weighted by molar-refractivity contribution is 7.99. The molecule has 4 heteroatoms. The third kappa shape index (κ3) is 4.53. The Hall–Kier alpha value is -0.480. The van der Waals surface area contributed by atoms with Crippen LogP contribution in [0, 0.1) is 0 Å². The Balaban J connectivity index is 1.86. The summed E-state index contributed by atoms with van der Waals surface area (Å²) in [6.45, 7) is 4.51. The van der Waals surface area contributed by atoms with Gasteiger partial charge in [0.1, 0.15) is 0 Å². The molecule has 19 heavy (non-hydrogen) atoms. The molecule has 0 amide bonds. The minimum absolute atomic E-state index is 0.527. The molecule has 3 nitrogen and oxygen atoms in total. The largest absolute Gasteiger partial charge is 0.316 e. The van der Waals surface area contributed by atoms with Crippen molar-refractivity contribution in [3.63, 3.8) is 0 Å². The first-order valence-corrected chi connectivity index (χ1v) is 8.57. The van der Waals surface area contributed by atoms with Gasteiger partial charge in [-0.3, -0.25) is 4.68 Å². The van der Waals surface area contributed by atoms with Gasteiger partial charge in [-0.15, -0.1) is 0 Å². The summed E-state index contributed by atoms with van der Waals surface area (Å²) in [4.78, 5) is 0. The lowest BCUT2D eigenvalue weighted by Gasteiger charge is -2.16. The van der Waals surface area contributed by atoms with Gasteiger partial charge in [0.25, 0.3) is 0 Å². The van der Waals surface area contributed by atoms with Gasteiger partial charge in [0.15, 0.2) is 0 Å². The second-order valence-electron chi connectivity index (χ2n) is 5.80. The minimum atomic E-state index is 0.527. The number of nitrogens with zero attached hydrogens (tertiary/aromatic N) is 2. The molecule has 1 atom stereocenters. The molecule has 108 valence electrons. The summed E-state index contributed by atoms with van der Waals surface area (Å²) in [6.07, 6.45) is 8.55. The Morgan fingerprint density at radius 2 is 2.16 bits per heavy atom. The summed E-state index contributed by atoms with van der Waals surface area (Å²) in [5, 5.41) is 8.89. The van der Waals surface area contributed by atoms with Crippen LogP contribution in [0.2, 0.25) is 0 Å². The number of hydrogen-bond donors (Lipinski definition) is 1. The first kappa shape index (κ1) is 14.9. The maximum absolute atomic E-state index is 4.77. The van der Waals surface area contributed by atoms with Gasteiger partial charge in [0.05, 0.1) is 11.7 Å². The Morgan fingerprint density at radius 3 is 2.79 bits per heavy atom. The average Bonchev–Trinajstić information content (AvgIpc) is 3.04. The van der Waals surface area contributed by atoms with Gasteiger partial charge in [-0.2, -0.15) is 16.9 Å². The zero-order valence-corrected chi connectivity index (χ0v) is 13.2. The summed E-state index contributed by atoms with van der Waals surface area (Å²) in [7, 11) is 2.06. The molecule has 1 N–H and O–H groups in total. The Morgan fingerprint density at radius 1 is 1.42 bits per heavy atom. The van der Waals surface area contributed by atoms with Crippen LogP contribution in [0.1, 0.15) is 51.3 Å². The van der Waals surface area contributed by atoms with Crippen LogP contribution in [0.4, 0.5) is 0 Å². The first-order chi connectivity index (χ1) is 9.19. The van der Waals surface area contributed by atoms with Crippen molar-refractivity contribution in [1.29, 1.82) is 0 Å². The standard InChI is InChI=1S/C15H27N3S/c1-12(2)19-11-14(16-3)10-13-8-9-18(17-13)15-6-4-5-7-15/h8-9,12,14-16H,4-7,10-11H2,1-3H3. The van der Waals surface area contributed by atoms with Crippen LogP contribution in [0.15, 0.2) is 12.3 Å². The van der Waals surface area contributed by atoms with E-state index in [0.717, 1.165) is 12.2 Å². The second kappa shape index (κ2) is 7.34. The highest BCUT2D eigenvalue weighted by atomic mass is 32.2. The van der Waals surface area contributed by atoms with Crippen LogP contribution in [0.5, 0.6) is 0 Å². The van der Waals surface area contributed by atoms with E-state index in [1.165, 1.54) is 31.4 Å². The van der Waals surface area contributed by atoms with Crippen LogP contribution in [-0.4, -0.2) is 33.9 Å². The van der Waals surface area contributed by atoms with Crippen LogP contribution in [-0.2, 0) is 6.42 Å². The fourth-order valence-corrected chi connectivity index (χ4v) is 3.57. The van der Waals surface area contributed by atoms with Crippen LogP contribution >= 0.6 is 11.8 Å². The SMILES string of the molecule is CNC(CSC(C)C)Cc1ccn(C2CCCC2)n1. The van der Waals surface area contributed by atoms with Crippen molar-refractivity contribution in [2.45, 2.75) is 63.3 Å². The highest BCUT2D eigenvalue weighted by Gasteiger charge is 2.18. The predicted octanol–water partition coefficient (Wildman–Crippen LogP) is 3.27. The smallest absolute Gasteiger partial charge is 0.0640 e. The Kier molecular flexibility index (Phi) is 5.76. The van der Waals surface area contributed by atoms with E-state index in [9.17, 15) is 0 Å². The van der Waals surface area contributed by atoms with Gasteiger partial charge in [-0.1, -0.05) is 26.7 Å². The zero-order valence-electron chi connectivity index (χ0n) is 12.4. The number of hydrogen-bond acceptors (Lipinski definition) is 3. The molecule has 0 aromatic carbocycles. The highest BCUT2D eigenvalue weighted by Crippen LogP contribution is 2.28. The number of thioether (sulfide) groups is 1. The third-order valence-corrected chi connectivity index (χ3v) is 5.12. The Labute approximate surface area is 121 Å². The molecule has 0 aliphatic heterocycles. The molecule has 1 unspecified atom stereocenters. The number of aromatic nitrogens is 2. The maximum atomic E-state index is 4.77. The maximum Gasteiger partial charge on any atom is 0.0640 e. The van der Waals surface area contributed by atoms with Crippen LogP contribution in [0.25, 0.3) is 0 Å². The quantitative estimate of drug-likeness (QED) is 0.832. The van der Waals surface area contributed by atoms with Crippen molar-refractivity contribution >= 4 is 11.8 Å². The monoisotopic (exact) mass is 281 g/mol. The lowest BCUT2D eigenvalue weighted by molar-refractivity contribution is 0.460. The molecule has 1 aliphatic rings. The fraction of sp³-hybridized carbons (Fsp3) is 0.800. The molecule has 0 spiro atoms. The fourth-order valence-electron chi connectivity index (χ4n) is 2.66. The van der Waals surface area contributed by atoms with Crippen molar-refractivity contribution in [2.75, 3.05) is 12.8 Å². The van der Waals surface area contributed by atoms with Gasteiger partial charge >= 0.3 is 0 Å². The van der Waals surface area contributed by atoms with Crippen molar-refractivity contribution in [1.82, 2.24) is 15.1 Å². The van der Waals surface area contributed by atoms with Gasteiger partial charge in [0, 0.05) is 24.4 Å². The van der Waals surface area contributed by atoms with Gasteiger partial charge < -0.3 is 5.32 Å². The van der Waals surface area contributed by atoms with Crippen molar-refractivity contribution < 1.29 is 0 Å². The molecule has 1 heterocycles. The normalized spacial score (nSPS) is 18.3. The minimum Gasteiger partial charge on any atom is -0.316 e. The first-order valence-electron chi connectivity index (χ1n) is 7.52. The van der Waals surface area contributed by atoms with Crippen molar-refractivity contribution in [3.8, 4) is 0 Å². The molecule has 0 bridgehead atoms. The van der Waals surface area contributed by atoms with E-state index in [0.29, 0.717) is 17.3 Å². The van der Waals surface area contributed by atoms with E-state index >= 15 is 0 Å². The average molecular weight is 281 g/mol. The van der Waals surface area contributed by atoms with E-state index in [2.05, 4.69) is 43.2 Å². The molecular weight excluding hydrogens is 254 g/mol. The summed E-state index contributed by atoms with van der Waals surface area (Å²) < 4.78 is 2.20. The predicted molar refractivity (Wildman–Crippen MR) is 83.9 cm³/mol. The van der Waals surface area contributed by atoms with Gasteiger partial charge in [-0.05, 0) is 31.2 Å². The molecular formula is C15H27N3S. The molecule has 1 aliphatic carbocycles. The van der Waals surface area contributed by atoms with Crippen molar-refractivity contribution in [3.05, 3.63) is 18.0 Å². The number of nitrogens with one attached hydrogen (secondary N) is 1. The van der Waals surface area contributed by atoms with E-state index in [-0.39, 0.29) is 0 Å². The van der Waals surface area contributed by atoms with E-state index < -0.39 is 0 Å². The van der Waals surface area contributed by atoms with Crippen LogP contribution < -0.4 is 5.32 Å². The molecule has 1 aromatic rings. The second-order valence-corrected chi connectivity index (χ2v) is 7.41. The molecule has 1 fully saturated rings. The van der Waals surface area contributed by atoms with E-state index in [1.54, 1.807) is 0 Å². The van der Waals surface area contributed by atoms with Gasteiger partial charge in [-0.25, -0.2) is 0 Å². The van der Waals surface area contributed by atoms with Gasteiger partial charge in [0.2, 0.25) is 0 Å². The number of rotatable bonds is 7. The van der Waals surface area contributed by atoms with E-state index in [1.807, 2.05) is 11.8 Å². The third-order valence-electron chi connectivity index (χ3n) is 3.86. The van der Waals surface area contributed by atoms with Crippen molar-refractivity contribution in [2.24, 2.45) is 0 Å². The molecule has 0 saturated heterocycles. The lowest BCUT2D eigenvalue weighted by Crippen LogP contribution is -2.30. The summed E-state index contributed by atoms with van der Waals surface area (Å²) >= 11 is 2.02. The molecule has 0 radical (unpaired) electrons. The van der Waals surface area contributed by atoms with Crippen LogP contribution in [0.3, 0.4) is 0 Å².